The van der Waals surface area contributed by atoms with E-state index in [4.69, 9.17) is 14.9 Å². The molecule has 1 aromatic carbocycles. The van der Waals surface area contributed by atoms with Crippen LogP contribution in [0.2, 0.25) is 0 Å². The average Bonchev–Trinajstić information content (AvgIpc) is 2.37. The van der Waals surface area contributed by atoms with Crippen molar-refractivity contribution in [3.8, 4) is 17.2 Å². The predicted molar refractivity (Wildman–Crippen MR) is 67.9 cm³/mol. The number of nitrogens with two attached hydrogens (primary N) is 1. The van der Waals surface area contributed by atoms with Crippen LogP contribution in [-0.4, -0.2) is 12.1 Å². The van der Waals surface area contributed by atoms with E-state index in [0.717, 1.165) is 0 Å². The molecule has 5 nitrogen and oxygen atoms in total. The van der Waals surface area contributed by atoms with E-state index in [-0.39, 0.29) is 11.1 Å². The molecule has 0 aromatic heterocycles. The summed E-state index contributed by atoms with van der Waals surface area (Å²) in [4.78, 5) is 15.8. The first-order chi connectivity index (χ1) is 8.67. The number of methoxy groups -OCH3 is 1. The number of benzene rings is 2. The van der Waals surface area contributed by atoms with Gasteiger partial charge in [0.1, 0.15) is 17.0 Å². The Morgan fingerprint density at radius 3 is 2.89 bits per heavy atom. The molecule has 18 heavy (non-hydrogen) atoms. The van der Waals surface area contributed by atoms with Crippen LogP contribution >= 0.6 is 0 Å². The van der Waals surface area contributed by atoms with Crippen LogP contribution in [-0.2, 0) is 0 Å². The number of rotatable bonds is 1. The normalized spacial score (nSPS) is 10.9. The number of aromatic nitrogens is 1. The summed E-state index contributed by atoms with van der Waals surface area (Å²) in [5.41, 5.74) is 7.26. The van der Waals surface area contributed by atoms with Gasteiger partial charge in [-0.25, -0.2) is 4.98 Å². The zero-order valence-corrected chi connectivity index (χ0v) is 9.64. The smallest absolute Gasteiger partial charge is 0.205 e. The maximum Gasteiger partial charge on any atom is 0.205 e. The Bertz CT molecular complexity index is 764. The molecule has 1 aliphatic carbocycles. The van der Waals surface area contributed by atoms with E-state index in [1.54, 1.807) is 25.3 Å². The topological polar surface area (TPSA) is 78.4 Å². The highest BCUT2D eigenvalue weighted by Gasteiger charge is 2.11. The van der Waals surface area contributed by atoms with E-state index < -0.39 is 0 Å². The van der Waals surface area contributed by atoms with Crippen molar-refractivity contribution in [3.05, 3.63) is 40.6 Å². The van der Waals surface area contributed by atoms with Gasteiger partial charge in [-0.2, -0.15) is 0 Å². The summed E-state index contributed by atoms with van der Waals surface area (Å²) in [6, 6.07) is 8.17. The van der Waals surface area contributed by atoms with Gasteiger partial charge in [-0.15, -0.1) is 0 Å². The van der Waals surface area contributed by atoms with Crippen LogP contribution in [0.25, 0.3) is 22.6 Å². The van der Waals surface area contributed by atoms with E-state index in [1.807, 2.05) is 0 Å². The van der Waals surface area contributed by atoms with Crippen LogP contribution < -0.4 is 15.9 Å². The van der Waals surface area contributed by atoms with Crippen molar-refractivity contribution in [1.82, 2.24) is 4.98 Å². The number of hydrogen-bond donors (Lipinski definition) is 1. The molecule has 2 aliphatic rings. The lowest BCUT2D eigenvalue weighted by molar-refractivity contribution is 0.414. The molecular weight excluding hydrogens is 232 g/mol. The van der Waals surface area contributed by atoms with E-state index in [2.05, 4.69) is 4.98 Å². The minimum absolute atomic E-state index is 0.165. The third kappa shape index (κ3) is 1.57. The lowest BCUT2D eigenvalue weighted by Gasteiger charge is -2.07. The number of hydrogen-bond acceptors (Lipinski definition) is 5. The summed E-state index contributed by atoms with van der Waals surface area (Å²) in [5.74, 6) is 1.08. The monoisotopic (exact) mass is 242 g/mol. The molecule has 1 heterocycles. The van der Waals surface area contributed by atoms with Crippen molar-refractivity contribution in [2.75, 3.05) is 12.8 Å². The summed E-state index contributed by atoms with van der Waals surface area (Å²) >= 11 is 0. The first kappa shape index (κ1) is 10.6. The molecule has 0 unspecified atom stereocenters. The number of ether oxygens (including phenoxy) is 1. The Labute approximate surface area is 102 Å². The fourth-order valence-corrected chi connectivity index (χ4v) is 1.78. The predicted octanol–water partition coefficient (Wildman–Crippen LogP) is 1.88. The minimum atomic E-state index is -0.268. The second kappa shape index (κ2) is 3.73. The van der Waals surface area contributed by atoms with Crippen molar-refractivity contribution >= 4 is 16.8 Å². The number of nitrogen functional groups attached to an aromatic ring is 1. The fourth-order valence-electron chi connectivity index (χ4n) is 1.78. The molecule has 90 valence electrons. The van der Waals surface area contributed by atoms with E-state index in [9.17, 15) is 4.79 Å². The highest BCUT2D eigenvalue weighted by molar-refractivity contribution is 5.78. The Morgan fingerprint density at radius 1 is 1.28 bits per heavy atom. The van der Waals surface area contributed by atoms with Crippen molar-refractivity contribution in [1.29, 1.82) is 0 Å². The summed E-state index contributed by atoms with van der Waals surface area (Å²) in [6.07, 6.45) is 0. The lowest BCUT2D eigenvalue weighted by atomic mass is 10.2. The summed E-state index contributed by atoms with van der Waals surface area (Å²) in [7, 11) is 1.58. The van der Waals surface area contributed by atoms with Crippen LogP contribution in [0.3, 0.4) is 0 Å². The molecule has 1 aromatic rings. The summed E-state index contributed by atoms with van der Waals surface area (Å²) in [6.45, 7) is 0. The fraction of sp³-hybridized carbons (Fsp3) is 0.0769. The second-order valence-electron chi connectivity index (χ2n) is 3.91. The largest absolute Gasteiger partial charge is 0.497 e. The maximum absolute atomic E-state index is 11.5. The van der Waals surface area contributed by atoms with Gasteiger partial charge in [-0.05, 0) is 18.2 Å². The maximum atomic E-state index is 11.5. The van der Waals surface area contributed by atoms with E-state index >= 15 is 0 Å². The SMILES string of the molecule is COc1ccc2nc3cc(N)c(=O)cc-3oc2c1. The van der Waals surface area contributed by atoms with Gasteiger partial charge in [0.05, 0.1) is 12.8 Å². The van der Waals surface area contributed by atoms with Gasteiger partial charge in [0.25, 0.3) is 0 Å². The van der Waals surface area contributed by atoms with E-state index in [0.29, 0.717) is 28.3 Å². The zero-order chi connectivity index (χ0) is 12.7. The van der Waals surface area contributed by atoms with Gasteiger partial charge in [0, 0.05) is 12.1 Å². The molecule has 0 saturated heterocycles. The molecule has 0 amide bonds. The quantitative estimate of drug-likeness (QED) is 0.520. The molecule has 1 aliphatic heterocycles. The molecule has 0 bridgehead atoms. The van der Waals surface area contributed by atoms with Crippen LogP contribution in [0.1, 0.15) is 0 Å². The first-order valence-corrected chi connectivity index (χ1v) is 5.35. The van der Waals surface area contributed by atoms with Crippen molar-refractivity contribution in [2.45, 2.75) is 0 Å². The van der Waals surface area contributed by atoms with Crippen LogP contribution in [0.4, 0.5) is 5.69 Å². The molecule has 5 heteroatoms. The highest BCUT2D eigenvalue weighted by Crippen LogP contribution is 2.27. The second-order valence-corrected chi connectivity index (χ2v) is 3.91. The van der Waals surface area contributed by atoms with Crippen LogP contribution in [0.15, 0.2) is 39.5 Å². The molecule has 0 radical (unpaired) electrons. The molecule has 3 rings (SSSR count). The average molecular weight is 242 g/mol. The summed E-state index contributed by atoms with van der Waals surface area (Å²) in [5, 5.41) is 0. The van der Waals surface area contributed by atoms with Gasteiger partial charge in [-0.3, -0.25) is 4.79 Å². The Balaban J connectivity index is 2.37. The third-order valence-electron chi connectivity index (χ3n) is 2.72. The molecule has 0 fully saturated rings. The number of anilines is 1. The molecule has 0 atom stereocenters. The lowest BCUT2D eigenvalue weighted by Crippen LogP contribution is -2.08. The minimum Gasteiger partial charge on any atom is -0.497 e. The Kier molecular flexibility index (Phi) is 2.19. The number of fused-ring (bicyclic) bond motifs is 2. The summed E-state index contributed by atoms with van der Waals surface area (Å²) < 4.78 is 10.7. The van der Waals surface area contributed by atoms with Gasteiger partial charge in [0.15, 0.2) is 11.3 Å². The molecular formula is C13H10N2O3. The number of nitrogens with zero attached hydrogens (tertiary/aromatic N) is 1. The van der Waals surface area contributed by atoms with Crippen LogP contribution in [0, 0.1) is 0 Å². The molecule has 0 spiro atoms. The van der Waals surface area contributed by atoms with Crippen molar-refractivity contribution < 1.29 is 9.15 Å². The third-order valence-corrected chi connectivity index (χ3v) is 2.72. The van der Waals surface area contributed by atoms with Crippen molar-refractivity contribution in [2.24, 2.45) is 0 Å². The first-order valence-electron chi connectivity index (χ1n) is 5.35. The zero-order valence-electron chi connectivity index (χ0n) is 9.64. The highest BCUT2D eigenvalue weighted by atomic mass is 16.5. The van der Waals surface area contributed by atoms with Crippen molar-refractivity contribution in [3.63, 3.8) is 0 Å². The van der Waals surface area contributed by atoms with Gasteiger partial charge in [0.2, 0.25) is 5.43 Å². The Hall–Kier alpha value is -2.56. The van der Waals surface area contributed by atoms with Gasteiger partial charge in [-0.1, -0.05) is 0 Å². The van der Waals surface area contributed by atoms with Gasteiger partial charge >= 0.3 is 0 Å². The van der Waals surface area contributed by atoms with E-state index in [1.165, 1.54) is 12.1 Å². The van der Waals surface area contributed by atoms with Gasteiger partial charge < -0.3 is 14.9 Å². The standard InChI is InChI=1S/C13H10N2O3/c1-17-7-2-3-9-12(4-7)18-13-6-11(16)8(14)5-10(13)15-9/h2-6H,14H2,1H3. The van der Waals surface area contributed by atoms with Crippen LogP contribution in [0.5, 0.6) is 5.75 Å². The molecule has 2 N–H and O–H groups in total. The Morgan fingerprint density at radius 2 is 2.11 bits per heavy atom. The molecule has 0 saturated carbocycles.